The molecule has 1 aliphatic rings. The van der Waals surface area contributed by atoms with Crippen molar-refractivity contribution in [2.45, 2.75) is 51.5 Å². The molecule has 0 bridgehead atoms. The fourth-order valence-electron chi connectivity index (χ4n) is 2.39. The van der Waals surface area contributed by atoms with Gasteiger partial charge in [0, 0.05) is 11.8 Å². The van der Waals surface area contributed by atoms with Crippen LogP contribution in [-0.4, -0.2) is 12.3 Å². The number of benzene rings is 1. The number of aryl methyl sites for hydroxylation is 1. The highest BCUT2D eigenvalue weighted by atomic mass is 32.2. The Bertz CT molecular complexity index is 435. The summed E-state index contributed by atoms with van der Waals surface area (Å²) in [4.78, 5) is 0. The maximum Gasteiger partial charge on any atom is 0.126 e. The average Bonchev–Trinajstić information content (AvgIpc) is 3.30. The summed E-state index contributed by atoms with van der Waals surface area (Å²) in [5, 5.41) is 0. The van der Waals surface area contributed by atoms with Crippen LogP contribution in [0.2, 0.25) is 0 Å². The molecule has 2 rings (SSSR count). The van der Waals surface area contributed by atoms with Crippen molar-refractivity contribution in [3.05, 3.63) is 35.1 Å². The van der Waals surface area contributed by atoms with Crippen LogP contribution < -0.4 is 10.5 Å². The highest BCUT2D eigenvalue weighted by Crippen LogP contribution is 2.34. The third-order valence-electron chi connectivity index (χ3n) is 4.05. The maximum atomic E-state index is 13.9. The summed E-state index contributed by atoms with van der Waals surface area (Å²) in [5.74, 6) is 1.86. The van der Waals surface area contributed by atoms with Gasteiger partial charge in [-0.1, -0.05) is 36.9 Å². The first-order valence-corrected chi connectivity index (χ1v) is 9.05. The monoisotopic (exact) mass is 310 g/mol. The standard InChI is InChI=1S/C17H27FN2S/c1-13(20-21-11-3-2-10-19)15-8-9-17(18)16(12-15)7-6-14-4-5-14/h8-9,12-14,20H,2-7,10-11,19H2,1H3. The minimum atomic E-state index is -0.0535. The van der Waals surface area contributed by atoms with Gasteiger partial charge in [-0.25, -0.2) is 4.39 Å². The molecule has 0 saturated heterocycles. The van der Waals surface area contributed by atoms with E-state index in [0.29, 0.717) is 0 Å². The van der Waals surface area contributed by atoms with E-state index in [-0.39, 0.29) is 11.9 Å². The van der Waals surface area contributed by atoms with E-state index >= 15 is 0 Å². The van der Waals surface area contributed by atoms with Gasteiger partial charge in [0.2, 0.25) is 0 Å². The lowest BCUT2D eigenvalue weighted by Crippen LogP contribution is -2.12. The molecule has 0 aliphatic heterocycles. The van der Waals surface area contributed by atoms with E-state index in [4.69, 9.17) is 5.73 Å². The minimum Gasteiger partial charge on any atom is -0.330 e. The van der Waals surface area contributed by atoms with E-state index in [1.54, 1.807) is 18.0 Å². The molecule has 1 atom stereocenters. The Labute approximate surface area is 132 Å². The molecule has 1 aromatic carbocycles. The molecule has 1 aromatic rings. The Morgan fingerprint density at radius 3 is 2.90 bits per heavy atom. The Morgan fingerprint density at radius 2 is 2.19 bits per heavy atom. The van der Waals surface area contributed by atoms with E-state index in [9.17, 15) is 4.39 Å². The van der Waals surface area contributed by atoms with Crippen LogP contribution in [0.4, 0.5) is 4.39 Å². The first-order valence-electron chi connectivity index (χ1n) is 8.06. The normalized spacial score (nSPS) is 16.1. The highest BCUT2D eigenvalue weighted by molar-refractivity contribution is 7.97. The van der Waals surface area contributed by atoms with Crippen LogP contribution in [0.1, 0.15) is 56.2 Å². The number of hydrogen-bond donors (Lipinski definition) is 2. The largest absolute Gasteiger partial charge is 0.330 e. The predicted octanol–water partition coefficient (Wildman–Crippen LogP) is 4.21. The highest BCUT2D eigenvalue weighted by Gasteiger charge is 2.21. The van der Waals surface area contributed by atoms with Crippen molar-refractivity contribution in [1.82, 2.24) is 4.72 Å². The van der Waals surface area contributed by atoms with Gasteiger partial charge in [0.25, 0.3) is 0 Å². The van der Waals surface area contributed by atoms with Gasteiger partial charge in [0.05, 0.1) is 0 Å². The lowest BCUT2D eigenvalue weighted by molar-refractivity contribution is 0.594. The molecule has 2 nitrogen and oxygen atoms in total. The van der Waals surface area contributed by atoms with E-state index in [2.05, 4.69) is 11.6 Å². The van der Waals surface area contributed by atoms with Crippen LogP contribution in [-0.2, 0) is 6.42 Å². The molecule has 1 aliphatic carbocycles. The first kappa shape index (κ1) is 16.8. The first-order chi connectivity index (χ1) is 10.2. The Morgan fingerprint density at radius 1 is 1.38 bits per heavy atom. The van der Waals surface area contributed by atoms with Gasteiger partial charge in [0.1, 0.15) is 5.82 Å². The maximum absolute atomic E-state index is 13.9. The second kappa shape index (κ2) is 8.76. The lowest BCUT2D eigenvalue weighted by atomic mass is 10.0. The number of nitrogens with one attached hydrogen (secondary N) is 1. The van der Waals surface area contributed by atoms with Gasteiger partial charge >= 0.3 is 0 Å². The van der Waals surface area contributed by atoms with Gasteiger partial charge in [-0.05, 0) is 62.3 Å². The Hall–Kier alpha value is -0.580. The van der Waals surface area contributed by atoms with Gasteiger partial charge in [0.15, 0.2) is 0 Å². The van der Waals surface area contributed by atoms with Crippen molar-refractivity contribution in [3.8, 4) is 0 Å². The van der Waals surface area contributed by atoms with E-state index in [1.807, 2.05) is 12.1 Å². The summed E-state index contributed by atoms with van der Waals surface area (Å²) in [6.07, 6.45) is 6.88. The molecular formula is C17H27FN2S. The zero-order valence-electron chi connectivity index (χ0n) is 12.9. The van der Waals surface area contributed by atoms with E-state index in [0.717, 1.165) is 49.5 Å². The zero-order chi connectivity index (χ0) is 15.1. The van der Waals surface area contributed by atoms with E-state index in [1.165, 1.54) is 18.4 Å². The second-order valence-corrected chi connectivity index (χ2v) is 6.95. The molecule has 0 heterocycles. The molecule has 0 aromatic heterocycles. The van der Waals surface area contributed by atoms with Gasteiger partial charge in [-0.3, -0.25) is 4.72 Å². The van der Waals surface area contributed by atoms with Crippen molar-refractivity contribution in [2.75, 3.05) is 12.3 Å². The third kappa shape index (κ3) is 5.97. The Balaban J connectivity index is 1.81. The van der Waals surface area contributed by atoms with Crippen LogP contribution in [0.3, 0.4) is 0 Å². The number of rotatable bonds is 10. The van der Waals surface area contributed by atoms with Gasteiger partial charge < -0.3 is 5.73 Å². The van der Waals surface area contributed by atoms with Crippen molar-refractivity contribution in [1.29, 1.82) is 0 Å². The molecule has 1 saturated carbocycles. The smallest absolute Gasteiger partial charge is 0.126 e. The fourth-order valence-corrected chi connectivity index (χ4v) is 3.24. The molecule has 4 heteroatoms. The van der Waals surface area contributed by atoms with Gasteiger partial charge in [-0.2, -0.15) is 0 Å². The van der Waals surface area contributed by atoms with Crippen LogP contribution in [0.15, 0.2) is 18.2 Å². The molecule has 21 heavy (non-hydrogen) atoms. The van der Waals surface area contributed by atoms with Crippen LogP contribution >= 0.6 is 11.9 Å². The topological polar surface area (TPSA) is 38.0 Å². The van der Waals surface area contributed by atoms with E-state index < -0.39 is 0 Å². The van der Waals surface area contributed by atoms with Crippen molar-refractivity contribution >= 4 is 11.9 Å². The number of unbranched alkanes of at least 4 members (excludes halogenated alkanes) is 1. The fraction of sp³-hybridized carbons (Fsp3) is 0.647. The molecule has 0 radical (unpaired) electrons. The molecule has 118 valence electrons. The number of halogens is 1. The molecule has 3 N–H and O–H groups in total. The second-order valence-electron chi connectivity index (χ2n) is 6.02. The quantitative estimate of drug-likeness (QED) is 0.502. The summed E-state index contributed by atoms with van der Waals surface area (Å²) in [5.41, 5.74) is 7.53. The molecule has 1 fully saturated rings. The summed E-state index contributed by atoms with van der Waals surface area (Å²) in [6, 6.07) is 5.80. The molecule has 1 unspecified atom stereocenters. The number of nitrogens with two attached hydrogens (primary N) is 1. The summed E-state index contributed by atoms with van der Waals surface area (Å²) >= 11 is 1.74. The third-order valence-corrected chi connectivity index (χ3v) is 5.06. The minimum absolute atomic E-state index is 0.0535. The summed E-state index contributed by atoms with van der Waals surface area (Å²) in [6.45, 7) is 2.90. The predicted molar refractivity (Wildman–Crippen MR) is 89.7 cm³/mol. The molecular weight excluding hydrogens is 283 g/mol. The van der Waals surface area contributed by atoms with Crippen molar-refractivity contribution in [2.24, 2.45) is 11.7 Å². The van der Waals surface area contributed by atoms with Crippen LogP contribution in [0, 0.1) is 11.7 Å². The van der Waals surface area contributed by atoms with Crippen LogP contribution in [0.5, 0.6) is 0 Å². The Kier molecular flexibility index (Phi) is 7.00. The van der Waals surface area contributed by atoms with Crippen LogP contribution in [0.25, 0.3) is 0 Å². The molecule has 0 spiro atoms. The zero-order valence-corrected chi connectivity index (χ0v) is 13.7. The van der Waals surface area contributed by atoms with Gasteiger partial charge in [-0.15, -0.1) is 0 Å². The van der Waals surface area contributed by atoms with Crippen molar-refractivity contribution in [3.63, 3.8) is 0 Å². The SMILES string of the molecule is CC(NSCCCCN)c1ccc(F)c(CCC2CC2)c1. The average molecular weight is 310 g/mol. The summed E-state index contributed by atoms with van der Waals surface area (Å²) < 4.78 is 17.3. The van der Waals surface area contributed by atoms with Crippen molar-refractivity contribution < 1.29 is 4.39 Å². The summed E-state index contributed by atoms with van der Waals surface area (Å²) in [7, 11) is 0. The molecule has 0 amide bonds. The number of hydrogen-bond acceptors (Lipinski definition) is 3. The lowest BCUT2D eigenvalue weighted by Gasteiger charge is -2.15.